The Hall–Kier alpha value is -1.44. The average molecular weight is 554 g/mol. The summed E-state index contributed by atoms with van der Waals surface area (Å²) in [4.78, 5) is 0. The summed E-state index contributed by atoms with van der Waals surface area (Å²) in [6.45, 7) is 4.42. The van der Waals surface area contributed by atoms with Crippen LogP contribution in [0.1, 0.15) is 22.3 Å². The molecule has 0 unspecified atom stereocenters. The van der Waals surface area contributed by atoms with Crippen LogP contribution in [0.3, 0.4) is 0 Å². The van der Waals surface area contributed by atoms with Crippen molar-refractivity contribution in [3.8, 4) is 22.3 Å². The summed E-state index contributed by atoms with van der Waals surface area (Å²) in [5, 5.41) is 0. The molecule has 0 saturated heterocycles. The van der Waals surface area contributed by atoms with E-state index in [9.17, 15) is 0 Å². The molecule has 0 amide bonds. The van der Waals surface area contributed by atoms with Gasteiger partial charge in [0.15, 0.2) is 0 Å². The van der Waals surface area contributed by atoms with Crippen LogP contribution >= 0.6 is 24.8 Å². The topological polar surface area (TPSA) is 0 Å². The molecule has 2 aliphatic rings. The minimum atomic E-state index is 0. The Balaban J connectivity index is 0.000000264. The Morgan fingerprint density at radius 2 is 0.906 bits per heavy atom. The van der Waals surface area contributed by atoms with Crippen molar-refractivity contribution < 1.29 is 26.2 Å². The molecule has 161 valence electrons. The standard InChI is InChI=1S/2C13H9.C2H7Si.2ClH.Zr/c2*1-3-7-12-10(5-1)9-11-6-2-4-8-13(11)12;1-3-2;;;/h2*1-5,7-8H,9H2;3H,1-2H3;2*1H;/q2*-1;;;;+2. The minimum Gasteiger partial charge on any atom is -0.179 e. The Morgan fingerprint density at radius 3 is 1.31 bits per heavy atom. The SMILES string of the molecule is C[SiH]C.Cl.Cl.[Zr+2].[c-]1cccc2c1Cc1ccccc1-2.[c-]1cccc2c1Cc1ccccc1-2. The smallest absolute Gasteiger partial charge is 0.179 e. The third-order valence-corrected chi connectivity index (χ3v) is 5.23. The molecule has 0 aromatic heterocycles. The molecular formula is C28H27Cl2SiZr. The van der Waals surface area contributed by atoms with Crippen LogP contribution in [-0.2, 0) is 39.0 Å². The van der Waals surface area contributed by atoms with Crippen molar-refractivity contribution in [1.29, 1.82) is 0 Å². The fourth-order valence-electron chi connectivity index (χ4n) is 4.00. The van der Waals surface area contributed by atoms with E-state index in [0.717, 1.165) is 22.4 Å². The Kier molecular flexibility index (Phi) is 12.5. The van der Waals surface area contributed by atoms with Gasteiger partial charge in [-0.25, -0.2) is 0 Å². The van der Waals surface area contributed by atoms with Crippen LogP contribution in [0.15, 0.2) is 84.9 Å². The van der Waals surface area contributed by atoms with Crippen LogP contribution in [-0.4, -0.2) is 9.52 Å². The first-order valence-electron chi connectivity index (χ1n) is 10.2. The molecule has 0 aliphatic heterocycles. The summed E-state index contributed by atoms with van der Waals surface area (Å²) in [6.07, 6.45) is 2.10. The van der Waals surface area contributed by atoms with E-state index in [1.807, 2.05) is 12.1 Å². The van der Waals surface area contributed by atoms with Crippen LogP contribution in [0.5, 0.6) is 0 Å². The van der Waals surface area contributed by atoms with Crippen molar-refractivity contribution in [2.24, 2.45) is 0 Å². The zero-order chi connectivity index (χ0) is 20.1. The van der Waals surface area contributed by atoms with Gasteiger partial charge in [-0.1, -0.05) is 83.9 Å². The average Bonchev–Trinajstić information content (AvgIpc) is 3.33. The fraction of sp³-hybridized carbons (Fsp3) is 0.143. The summed E-state index contributed by atoms with van der Waals surface area (Å²) in [7, 11) is 0.750. The second-order valence-electron chi connectivity index (χ2n) is 7.37. The van der Waals surface area contributed by atoms with Gasteiger partial charge in [0.2, 0.25) is 0 Å². The molecule has 0 heterocycles. The summed E-state index contributed by atoms with van der Waals surface area (Å²) in [6, 6.07) is 36.2. The van der Waals surface area contributed by atoms with E-state index >= 15 is 0 Å². The maximum atomic E-state index is 3.30. The predicted molar refractivity (Wildman–Crippen MR) is 140 cm³/mol. The molecule has 0 atom stereocenters. The number of rotatable bonds is 0. The van der Waals surface area contributed by atoms with Crippen molar-refractivity contribution in [3.63, 3.8) is 0 Å². The molecule has 0 bridgehead atoms. The van der Waals surface area contributed by atoms with Gasteiger partial charge < -0.3 is 0 Å². The maximum absolute atomic E-state index is 3.30. The second kappa shape index (κ2) is 14.0. The number of fused-ring (bicyclic) bond motifs is 6. The van der Waals surface area contributed by atoms with Gasteiger partial charge in [-0.15, -0.1) is 35.9 Å². The van der Waals surface area contributed by atoms with Crippen LogP contribution < -0.4 is 0 Å². The monoisotopic (exact) mass is 551 g/mol. The van der Waals surface area contributed by atoms with E-state index in [1.165, 1.54) is 44.5 Å². The third kappa shape index (κ3) is 6.33. The van der Waals surface area contributed by atoms with Gasteiger partial charge in [0.05, 0.1) is 0 Å². The molecular weight excluding hydrogens is 527 g/mol. The number of halogens is 2. The first kappa shape index (κ1) is 28.6. The minimum absolute atomic E-state index is 0. The Morgan fingerprint density at radius 1 is 0.562 bits per heavy atom. The van der Waals surface area contributed by atoms with Gasteiger partial charge in [0.1, 0.15) is 0 Å². The van der Waals surface area contributed by atoms with Gasteiger partial charge in [0, 0.05) is 9.52 Å². The number of benzene rings is 4. The van der Waals surface area contributed by atoms with Crippen molar-refractivity contribution in [2.45, 2.75) is 25.9 Å². The summed E-state index contributed by atoms with van der Waals surface area (Å²) in [5.74, 6) is 0. The first-order valence-corrected chi connectivity index (χ1v) is 12.5. The molecule has 0 nitrogen and oxygen atoms in total. The summed E-state index contributed by atoms with van der Waals surface area (Å²) >= 11 is 0. The molecule has 0 saturated carbocycles. The van der Waals surface area contributed by atoms with Crippen LogP contribution in [0.2, 0.25) is 13.1 Å². The van der Waals surface area contributed by atoms with Gasteiger partial charge in [-0.3, -0.25) is 0 Å². The van der Waals surface area contributed by atoms with Crippen molar-refractivity contribution >= 4 is 34.3 Å². The van der Waals surface area contributed by atoms with E-state index in [1.54, 1.807) is 0 Å². The molecule has 6 rings (SSSR count). The number of hydrogen-bond donors (Lipinski definition) is 0. The van der Waals surface area contributed by atoms with Gasteiger partial charge >= 0.3 is 26.2 Å². The second-order valence-corrected chi connectivity index (χ2v) is 8.52. The molecule has 4 aromatic rings. The molecule has 1 radical (unpaired) electrons. The van der Waals surface area contributed by atoms with Gasteiger partial charge in [-0.2, -0.15) is 59.7 Å². The third-order valence-electron chi connectivity index (χ3n) is 5.23. The molecule has 0 fully saturated rings. The fourth-order valence-corrected chi connectivity index (χ4v) is 4.00. The molecule has 2 aliphatic carbocycles. The van der Waals surface area contributed by atoms with Crippen molar-refractivity contribution in [2.75, 3.05) is 0 Å². The molecule has 0 N–H and O–H groups in total. The summed E-state index contributed by atoms with van der Waals surface area (Å²) < 4.78 is 0. The Bertz CT molecular complexity index is 951. The quantitative estimate of drug-likeness (QED) is 0.135. The van der Waals surface area contributed by atoms with Crippen LogP contribution in [0, 0.1) is 12.1 Å². The largest absolute Gasteiger partial charge is 2.00 e. The number of hydrogen-bond acceptors (Lipinski definition) is 0. The zero-order valence-corrected chi connectivity index (χ0v) is 23.6. The van der Waals surface area contributed by atoms with Crippen molar-refractivity contribution in [1.82, 2.24) is 0 Å². The normalized spacial score (nSPS) is 10.6. The zero-order valence-electron chi connectivity index (χ0n) is 18.4. The predicted octanol–water partition coefficient (Wildman–Crippen LogP) is 7.48. The van der Waals surface area contributed by atoms with Crippen molar-refractivity contribution in [3.05, 3.63) is 119 Å². The molecule has 4 aromatic carbocycles. The molecule has 0 spiro atoms. The van der Waals surface area contributed by atoms with E-state index < -0.39 is 0 Å². The van der Waals surface area contributed by atoms with Gasteiger partial charge in [0.25, 0.3) is 0 Å². The van der Waals surface area contributed by atoms with Gasteiger partial charge in [-0.05, 0) is 12.8 Å². The van der Waals surface area contributed by atoms with Crippen LogP contribution in [0.25, 0.3) is 22.3 Å². The van der Waals surface area contributed by atoms with Crippen LogP contribution in [0.4, 0.5) is 0 Å². The van der Waals surface area contributed by atoms with E-state index in [0.29, 0.717) is 0 Å². The molecule has 4 heteroatoms. The van der Waals surface area contributed by atoms with E-state index in [2.05, 4.69) is 98.0 Å². The Labute approximate surface area is 226 Å². The summed E-state index contributed by atoms with van der Waals surface area (Å²) in [5.41, 5.74) is 11.0. The van der Waals surface area contributed by atoms with E-state index in [-0.39, 0.29) is 51.0 Å². The first-order chi connectivity index (χ1) is 14.3. The van der Waals surface area contributed by atoms with E-state index in [4.69, 9.17) is 0 Å². The maximum Gasteiger partial charge on any atom is 2.00 e. The molecule has 32 heavy (non-hydrogen) atoms.